The Morgan fingerprint density at radius 2 is 2.00 bits per heavy atom. The maximum atomic E-state index is 11.6. The highest BCUT2D eigenvalue weighted by Gasteiger charge is 2.24. The van der Waals surface area contributed by atoms with Gasteiger partial charge in [0.25, 0.3) is 0 Å². The Kier molecular flexibility index (Phi) is 4.24. The molecule has 1 aliphatic carbocycles. The van der Waals surface area contributed by atoms with Gasteiger partial charge in [-0.05, 0) is 37.8 Å². The van der Waals surface area contributed by atoms with Gasteiger partial charge < -0.3 is 10.1 Å². The molecule has 0 saturated heterocycles. The minimum atomic E-state index is 0.186. The van der Waals surface area contributed by atoms with E-state index in [2.05, 4.69) is 5.32 Å². The smallest absolute Gasteiger partial charge is 0.223 e. The van der Waals surface area contributed by atoms with Crippen LogP contribution in [0.15, 0.2) is 18.2 Å². The molecule has 0 radical (unpaired) electrons. The second-order valence-corrected chi connectivity index (χ2v) is 4.99. The highest BCUT2D eigenvalue weighted by molar-refractivity contribution is 5.79. The van der Waals surface area contributed by atoms with Gasteiger partial charge in [-0.3, -0.25) is 4.79 Å². The standard InChI is InChI=1S/C15H21NO2/c1-11-5-3-6-12(2)14(11)18-10-9-16-15(17)13-7-4-8-13/h3,5-6,13H,4,7-10H2,1-2H3,(H,16,17). The number of nitrogens with one attached hydrogen (secondary N) is 1. The van der Waals surface area contributed by atoms with Gasteiger partial charge in [-0.15, -0.1) is 0 Å². The first-order valence-electron chi connectivity index (χ1n) is 6.65. The lowest BCUT2D eigenvalue weighted by Gasteiger charge is -2.24. The molecule has 1 saturated carbocycles. The number of aryl methyl sites for hydroxylation is 2. The number of amides is 1. The normalized spacial score (nSPS) is 15.0. The van der Waals surface area contributed by atoms with Crippen LogP contribution in [0.25, 0.3) is 0 Å². The molecule has 3 heteroatoms. The van der Waals surface area contributed by atoms with Gasteiger partial charge in [-0.1, -0.05) is 24.6 Å². The van der Waals surface area contributed by atoms with Gasteiger partial charge in [-0.25, -0.2) is 0 Å². The van der Waals surface area contributed by atoms with Crippen molar-refractivity contribution in [1.29, 1.82) is 0 Å². The fourth-order valence-electron chi connectivity index (χ4n) is 2.17. The van der Waals surface area contributed by atoms with Gasteiger partial charge in [0, 0.05) is 5.92 Å². The number of carbonyl (C=O) groups excluding carboxylic acids is 1. The average Bonchev–Trinajstić information content (AvgIpc) is 2.25. The van der Waals surface area contributed by atoms with Crippen LogP contribution < -0.4 is 10.1 Å². The number of carbonyl (C=O) groups is 1. The summed E-state index contributed by atoms with van der Waals surface area (Å²) >= 11 is 0. The van der Waals surface area contributed by atoms with Crippen molar-refractivity contribution in [3.05, 3.63) is 29.3 Å². The molecule has 1 aromatic rings. The molecular weight excluding hydrogens is 226 g/mol. The van der Waals surface area contributed by atoms with Crippen molar-refractivity contribution in [3.63, 3.8) is 0 Å². The Labute approximate surface area is 109 Å². The number of rotatable bonds is 5. The van der Waals surface area contributed by atoms with Gasteiger partial charge in [0.15, 0.2) is 0 Å². The Bertz CT molecular complexity index is 404. The van der Waals surface area contributed by atoms with Crippen molar-refractivity contribution in [1.82, 2.24) is 5.32 Å². The van der Waals surface area contributed by atoms with E-state index in [1.807, 2.05) is 32.0 Å². The van der Waals surface area contributed by atoms with Crippen LogP contribution >= 0.6 is 0 Å². The molecule has 1 amide bonds. The van der Waals surface area contributed by atoms with Gasteiger partial charge in [0.2, 0.25) is 5.91 Å². The van der Waals surface area contributed by atoms with Crippen LogP contribution in [-0.2, 0) is 4.79 Å². The molecule has 0 atom stereocenters. The monoisotopic (exact) mass is 247 g/mol. The van der Waals surface area contributed by atoms with E-state index in [1.54, 1.807) is 0 Å². The average molecular weight is 247 g/mol. The molecule has 0 spiro atoms. The van der Waals surface area contributed by atoms with Gasteiger partial charge in [0.1, 0.15) is 12.4 Å². The second-order valence-electron chi connectivity index (χ2n) is 4.99. The van der Waals surface area contributed by atoms with Gasteiger partial charge >= 0.3 is 0 Å². The number of hydrogen-bond acceptors (Lipinski definition) is 2. The molecule has 98 valence electrons. The molecule has 0 bridgehead atoms. The molecule has 0 unspecified atom stereocenters. The molecular formula is C15H21NO2. The van der Waals surface area contributed by atoms with Crippen molar-refractivity contribution in [3.8, 4) is 5.75 Å². The number of benzene rings is 1. The third kappa shape index (κ3) is 3.03. The first-order valence-corrected chi connectivity index (χ1v) is 6.65. The molecule has 1 N–H and O–H groups in total. The van der Waals surface area contributed by atoms with Crippen LogP contribution in [0, 0.1) is 19.8 Å². The Morgan fingerprint density at radius 3 is 2.56 bits per heavy atom. The van der Waals surface area contributed by atoms with E-state index in [-0.39, 0.29) is 11.8 Å². The van der Waals surface area contributed by atoms with Crippen molar-refractivity contribution in [2.75, 3.05) is 13.2 Å². The van der Waals surface area contributed by atoms with E-state index in [4.69, 9.17) is 4.74 Å². The highest BCUT2D eigenvalue weighted by atomic mass is 16.5. The summed E-state index contributed by atoms with van der Waals surface area (Å²) in [4.78, 5) is 11.6. The molecule has 1 aliphatic rings. The first kappa shape index (κ1) is 12.9. The zero-order chi connectivity index (χ0) is 13.0. The zero-order valence-electron chi connectivity index (χ0n) is 11.2. The summed E-state index contributed by atoms with van der Waals surface area (Å²) in [7, 11) is 0. The van der Waals surface area contributed by atoms with Crippen LogP contribution in [0.4, 0.5) is 0 Å². The molecule has 3 nitrogen and oxygen atoms in total. The molecule has 2 rings (SSSR count). The Hall–Kier alpha value is -1.51. The molecule has 0 aromatic heterocycles. The van der Waals surface area contributed by atoms with Gasteiger partial charge in [-0.2, -0.15) is 0 Å². The predicted octanol–water partition coefficient (Wildman–Crippen LogP) is 2.60. The lowest BCUT2D eigenvalue weighted by Crippen LogP contribution is -2.36. The Morgan fingerprint density at radius 1 is 1.33 bits per heavy atom. The molecule has 18 heavy (non-hydrogen) atoms. The van der Waals surface area contributed by atoms with Crippen molar-refractivity contribution in [2.45, 2.75) is 33.1 Å². The van der Waals surface area contributed by atoms with E-state index in [0.29, 0.717) is 13.2 Å². The van der Waals surface area contributed by atoms with Crippen molar-refractivity contribution >= 4 is 5.91 Å². The lowest BCUT2D eigenvalue weighted by atomic mass is 9.85. The summed E-state index contributed by atoms with van der Waals surface area (Å²) in [6.07, 6.45) is 3.28. The van der Waals surface area contributed by atoms with Gasteiger partial charge in [0.05, 0.1) is 6.54 Å². The van der Waals surface area contributed by atoms with E-state index in [0.717, 1.165) is 29.7 Å². The summed E-state index contributed by atoms with van der Waals surface area (Å²) in [5.41, 5.74) is 2.28. The quantitative estimate of drug-likeness (QED) is 0.812. The van der Waals surface area contributed by atoms with E-state index in [1.165, 1.54) is 6.42 Å². The van der Waals surface area contributed by atoms with E-state index < -0.39 is 0 Å². The summed E-state index contributed by atoms with van der Waals surface area (Å²) in [6.45, 7) is 5.19. The largest absolute Gasteiger partial charge is 0.491 e. The maximum absolute atomic E-state index is 11.6. The first-order chi connectivity index (χ1) is 8.68. The fourth-order valence-corrected chi connectivity index (χ4v) is 2.17. The second kappa shape index (κ2) is 5.89. The predicted molar refractivity (Wildman–Crippen MR) is 71.8 cm³/mol. The van der Waals surface area contributed by atoms with Crippen molar-refractivity contribution < 1.29 is 9.53 Å². The van der Waals surface area contributed by atoms with Crippen LogP contribution in [0.1, 0.15) is 30.4 Å². The zero-order valence-corrected chi connectivity index (χ0v) is 11.2. The summed E-state index contributed by atoms with van der Waals surface area (Å²) in [5.74, 6) is 1.38. The van der Waals surface area contributed by atoms with Crippen LogP contribution in [0.2, 0.25) is 0 Å². The van der Waals surface area contributed by atoms with Crippen LogP contribution in [-0.4, -0.2) is 19.1 Å². The lowest BCUT2D eigenvalue weighted by molar-refractivity contribution is -0.127. The minimum Gasteiger partial charge on any atom is -0.491 e. The molecule has 0 aliphatic heterocycles. The summed E-state index contributed by atoms with van der Waals surface area (Å²) in [6, 6.07) is 6.10. The SMILES string of the molecule is Cc1cccc(C)c1OCCNC(=O)C1CCC1. The number of hydrogen-bond donors (Lipinski definition) is 1. The summed E-state index contributed by atoms with van der Waals surface area (Å²) < 4.78 is 5.73. The molecule has 0 heterocycles. The van der Waals surface area contributed by atoms with E-state index >= 15 is 0 Å². The van der Waals surface area contributed by atoms with Crippen LogP contribution in [0.3, 0.4) is 0 Å². The van der Waals surface area contributed by atoms with Crippen LogP contribution in [0.5, 0.6) is 5.75 Å². The fraction of sp³-hybridized carbons (Fsp3) is 0.533. The number of para-hydroxylation sites is 1. The van der Waals surface area contributed by atoms with Crippen molar-refractivity contribution in [2.24, 2.45) is 5.92 Å². The summed E-state index contributed by atoms with van der Waals surface area (Å²) in [5, 5.41) is 2.93. The minimum absolute atomic E-state index is 0.186. The maximum Gasteiger partial charge on any atom is 0.223 e. The van der Waals surface area contributed by atoms with E-state index in [9.17, 15) is 4.79 Å². The Balaban J connectivity index is 1.73. The molecule has 1 aromatic carbocycles. The third-order valence-corrected chi connectivity index (χ3v) is 3.53. The molecule has 1 fully saturated rings. The topological polar surface area (TPSA) is 38.3 Å². The third-order valence-electron chi connectivity index (χ3n) is 3.53. The highest BCUT2D eigenvalue weighted by Crippen LogP contribution is 2.26. The number of ether oxygens (including phenoxy) is 1.